The third-order valence-electron chi connectivity index (χ3n) is 2.54. The Morgan fingerprint density at radius 3 is 2.48 bits per heavy atom. The second-order valence-corrected chi connectivity index (χ2v) is 4.10. The lowest BCUT2D eigenvalue weighted by Gasteiger charge is -2.14. The van der Waals surface area contributed by atoms with E-state index in [-0.39, 0.29) is 18.8 Å². The summed E-state index contributed by atoms with van der Waals surface area (Å²) in [6.45, 7) is -0.0383. The molecule has 21 heavy (non-hydrogen) atoms. The first-order valence-corrected chi connectivity index (χ1v) is 5.93. The number of benzene rings is 1. The van der Waals surface area contributed by atoms with Gasteiger partial charge in [-0.25, -0.2) is 9.59 Å². The zero-order chi connectivity index (χ0) is 15.8. The minimum atomic E-state index is -1.21. The number of rotatable bonds is 7. The van der Waals surface area contributed by atoms with Gasteiger partial charge in [-0.15, -0.1) is 0 Å². The first kappa shape index (κ1) is 16.4. The molecule has 9 heteroatoms. The number of carboxylic acids is 1. The molecule has 1 unspecified atom stereocenters. The van der Waals surface area contributed by atoms with Crippen LogP contribution in [0.4, 0.5) is 10.5 Å². The van der Waals surface area contributed by atoms with Crippen molar-refractivity contribution in [3.05, 3.63) is 39.9 Å². The maximum Gasteiger partial charge on any atom is 0.328 e. The summed E-state index contributed by atoms with van der Waals surface area (Å²) in [7, 11) is 1.33. The Hall–Kier alpha value is -2.68. The first-order valence-electron chi connectivity index (χ1n) is 5.93. The van der Waals surface area contributed by atoms with Crippen molar-refractivity contribution in [2.75, 3.05) is 13.7 Å². The average molecular weight is 297 g/mol. The Balaban J connectivity index is 2.48. The number of hydrogen-bond donors (Lipinski definition) is 3. The zero-order valence-electron chi connectivity index (χ0n) is 11.2. The lowest BCUT2D eigenvalue weighted by Crippen LogP contribution is -2.48. The van der Waals surface area contributed by atoms with Crippen LogP contribution in [-0.4, -0.2) is 41.8 Å². The van der Waals surface area contributed by atoms with Crippen molar-refractivity contribution in [1.82, 2.24) is 10.6 Å². The van der Waals surface area contributed by atoms with Crippen molar-refractivity contribution >= 4 is 17.7 Å². The normalized spacial score (nSPS) is 11.5. The molecular weight excluding hydrogens is 282 g/mol. The number of ether oxygens (including phenoxy) is 1. The number of carbonyl (C=O) groups excluding carboxylic acids is 1. The summed E-state index contributed by atoms with van der Waals surface area (Å²) in [5.74, 6) is -1.21. The molecule has 0 saturated carbocycles. The fourth-order valence-corrected chi connectivity index (χ4v) is 1.47. The number of nitrogens with one attached hydrogen (secondary N) is 2. The second kappa shape index (κ2) is 7.80. The number of nitro benzene ring substituents is 1. The number of carbonyl (C=O) groups is 2. The van der Waals surface area contributed by atoms with Gasteiger partial charge in [0.2, 0.25) is 0 Å². The molecule has 1 rings (SSSR count). The van der Waals surface area contributed by atoms with Gasteiger partial charge in [0.15, 0.2) is 6.04 Å². The minimum absolute atomic E-state index is 0.0470. The molecule has 3 N–H and O–H groups in total. The molecule has 0 radical (unpaired) electrons. The van der Waals surface area contributed by atoms with Crippen molar-refractivity contribution in [3.8, 4) is 0 Å². The molecule has 1 aromatic rings. The summed E-state index contributed by atoms with van der Waals surface area (Å²) in [6.07, 6.45) is 0. The van der Waals surface area contributed by atoms with Crippen LogP contribution in [0.3, 0.4) is 0 Å². The largest absolute Gasteiger partial charge is 0.480 e. The van der Waals surface area contributed by atoms with Crippen LogP contribution in [0.5, 0.6) is 0 Å². The zero-order valence-corrected chi connectivity index (χ0v) is 11.2. The molecule has 1 atom stereocenters. The lowest BCUT2D eigenvalue weighted by atomic mass is 10.2. The highest BCUT2D eigenvalue weighted by atomic mass is 16.6. The van der Waals surface area contributed by atoms with E-state index in [4.69, 9.17) is 5.11 Å². The molecule has 0 spiro atoms. The van der Waals surface area contributed by atoms with Gasteiger partial charge in [-0.2, -0.15) is 0 Å². The van der Waals surface area contributed by atoms with Crippen LogP contribution in [0.15, 0.2) is 24.3 Å². The molecule has 0 bridgehead atoms. The third-order valence-corrected chi connectivity index (χ3v) is 2.54. The summed E-state index contributed by atoms with van der Waals surface area (Å²) in [5.41, 5.74) is 0.601. The number of carboxylic acid groups (broad SMARTS) is 1. The van der Waals surface area contributed by atoms with E-state index < -0.39 is 23.0 Å². The van der Waals surface area contributed by atoms with Gasteiger partial charge in [-0.05, 0) is 5.56 Å². The van der Waals surface area contributed by atoms with Gasteiger partial charge in [0.25, 0.3) is 5.69 Å². The highest BCUT2D eigenvalue weighted by Gasteiger charge is 2.19. The summed E-state index contributed by atoms with van der Waals surface area (Å²) in [6, 6.07) is 3.83. The van der Waals surface area contributed by atoms with E-state index in [9.17, 15) is 19.7 Å². The Bertz CT molecular complexity index is 516. The summed E-state index contributed by atoms with van der Waals surface area (Å²) < 4.78 is 4.68. The predicted molar refractivity (Wildman–Crippen MR) is 71.8 cm³/mol. The number of hydrogen-bond acceptors (Lipinski definition) is 5. The molecule has 2 amide bonds. The number of nitrogens with zero attached hydrogens (tertiary/aromatic N) is 1. The van der Waals surface area contributed by atoms with Crippen molar-refractivity contribution in [3.63, 3.8) is 0 Å². The van der Waals surface area contributed by atoms with Gasteiger partial charge < -0.3 is 20.5 Å². The third kappa shape index (κ3) is 5.45. The van der Waals surface area contributed by atoms with Crippen LogP contribution >= 0.6 is 0 Å². The quantitative estimate of drug-likeness (QED) is 0.496. The number of non-ortho nitro benzene ring substituents is 1. The molecule has 114 valence electrons. The van der Waals surface area contributed by atoms with Gasteiger partial charge in [0, 0.05) is 25.8 Å². The Morgan fingerprint density at radius 1 is 1.38 bits per heavy atom. The maximum absolute atomic E-state index is 11.5. The minimum Gasteiger partial charge on any atom is -0.480 e. The SMILES string of the molecule is COCC(NC(=O)NCc1ccc([N+](=O)[O-])cc1)C(=O)O. The Kier molecular flexibility index (Phi) is 6.08. The second-order valence-electron chi connectivity index (χ2n) is 4.10. The van der Waals surface area contributed by atoms with E-state index in [1.54, 1.807) is 0 Å². The standard InChI is InChI=1S/C12H15N3O6/c1-21-7-10(11(16)17)14-12(18)13-6-8-2-4-9(5-3-8)15(19)20/h2-5,10H,6-7H2,1H3,(H,16,17)(H2,13,14,18). The summed E-state index contributed by atoms with van der Waals surface area (Å²) in [5, 5.41) is 24.0. The Morgan fingerprint density at radius 2 is 2.00 bits per heavy atom. The van der Waals surface area contributed by atoms with Crippen LogP contribution < -0.4 is 10.6 Å². The average Bonchev–Trinajstić information content (AvgIpc) is 2.45. The van der Waals surface area contributed by atoms with Crippen molar-refractivity contribution in [2.24, 2.45) is 0 Å². The monoisotopic (exact) mass is 297 g/mol. The molecule has 9 nitrogen and oxygen atoms in total. The molecule has 0 aliphatic heterocycles. The molecule has 0 aliphatic carbocycles. The van der Waals surface area contributed by atoms with Crippen LogP contribution in [0.1, 0.15) is 5.56 Å². The summed E-state index contributed by atoms with van der Waals surface area (Å²) in [4.78, 5) is 32.3. The number of nitro groups is 1. The number of aliphatic carboxylic acids is 1. The topological polar surface area (TPSA) is 131 Å². The predicted octanol–water partition coefficient (Wildman–Crippen LogP) is 0.494. The van der Waals surface area contributed by atoms with Gasteiger partial charge in [0.05, 0.1) is 11.5 Å². The van der Waals surface area contributed by atoms with Gasteiger partial charge >= 0.3 is 12.0 Å². The van der Waals surface area contributed by atoms with Crippen molar-refractivity contribution in [2.45, 2.75) is 12.6 Å². The summed E-state index contributed by atoms with van der Waals surface area (Å²) >= 11 is 0. The van der Waals surface area contributed by atoms with E-state index in [2.05, 4.69) is 15.4 Å². The van der Waals surface area contributed by atoms with Gasteiger partial charge in [0.1, 0.15) is 0 Å². The van der Waals surface area contributed by atoms with Crippen LogP contribution in [0.2, 0.25) is 0 Å². The molecule has 0 heterocycles. The van der Waals surface area contributed by atoms with E-state index in [1.165, 1.54) is 31.4 Å². The van der Waals surface area contributed by atoms with Crippen molar-refractivity contribution < 1.29 is 24.4 Å². The molecule has 0 saturated heterocycles. The van der Waals surface area contributed by atoms with Crippen LogP contribution in [0.25, 0.3) is 0 Å². The Labute approximate surface area is 120 Å². The number of methoxy groups -OCH3 is 1. The molecule has 0 fully saturated rings. The number of amides is 2. The van der Waals surface area contributed by atoms with E-state index >= 15 is 0 Å². The smallest absolute Gasteiger partial charge is 0.328 e. The fraction of sp³-hybridized carbons (Fsp3) is 0.333. The van der Waals surface area contributed by atoms with Gasteiger partial charge in [-0.1, -0.05) is 12.1 Å². The molecule has 1 aromatic carbocycles. The van der Waals surface area contributed by atoms with E-state index in [1.807, 2.05) is 0 Å². The fourth-order valence-electron chi connectivity index (χ4n) is 1.47. The lowest BCUT2D eigenvalue weighted by molar-refractivity contribution is -0.384. The van der Waals surface area contributed by atoms with Crippen LogP contribution in [0, 0.1) is 10.1 Å². The maximum atomic E-state index is 11.5. The van der Waals surface area contributed by atoms with Crippen LogP contribution in [-0.2, 0) is 16.1 Å². The molecular formula is C12H15N3O6. The molecule has 0 aromatic heterocycles. The van der Waals surface area contributed by atoms with Gasteiger partial charge in [-0.3, -0.25) is 10.1 Å². The first-order chi connectivity index (χ1) is 9.93. The van der Waals surface area contributed by atoms with E-state index in [0.29, 0.717) is 5.56 Å². The molecule has 0 aliphatic rings. The highest BCUT2D eigenvalue weighted by molar-refractivity contribution is 5.82. The highest BCUT2D eigenvalue weighted by Crippen LogP contribution is 2.11. The number of urea groups is 1. The van der Waals surface area contributed by atoms with Crippen molar-refractivity contribution in [1.29, 1.82) is 0 Å². The van der Waals surface area contributed by atoms with E-state index in [0.717, 1.165) is 0 Å².